The Labute approximate surface area is 112 Å². The van der Waals surface area contributed by atoms with Gasteiger partial charge < -0.3 is 9.73 Å². The molecule has 2 rings (SSSR count). The second-order valence-electron chi connectivity index (χ2n) is 4.73. The lowest BCUT2D eigenvalue weighted by atomic mass is 10.2. The van der Waals surface area contributed by atoms with E-state index < -0.39 is 0 Å². The average Bonchev–Trinajstić information content (AvgIpc) is 2.81. The number of carbonyl (C=O) groups is 1. The summed E-state index contributed by atoms with van der Waals surface area (Å²) in [6.45, 7) is 8.80. The van der Waals surface area contributed by atoms with Gasteiger partial charge in [-0.25, -0.2) is 0 Å². The van der Waals surface area contributed by atoms with E-state index >= 15 is 0 Å². The maximum atomic E-state index is 12.0. The Kier molecular flexibility index (Phi) is 3.74. The molecule has 0 aliphatic carbocycles. The number of aromatic nitrogens is 2. The van der Waals surface area contributed by atoms with Gasteiger partial charge in [-0.15, -0.1) is 0 Å². The Bertz CT molecular complexity index is 596. The Morgan fingerprint density at radius 2 is 2.05 bits per heavy atom. The SMILES string of the molecule is Cc1cc(C)n(CCNC(=O)c2cc(C)oc2C)n1. The lowest BCUT2D eigenvalue weighted by molar-refractivity contribution is 0.0950. The number of carbonyl (C=O) groups excluding carboxylic acids is 1. The summed E-state index contributed by atoms with van der Waals surface area (Å²) in [6, 6.07) is 3.78. The van der Waals surface area contributed by atoms with Crippen molar-refractivity contribution in [2.24, 2.45) is 0 Å². The van der Waals surface area contributed by atoms with Crippen molar-refractivity contribution in [3.63, 3.8) is 0 Å². The Balaban J connectivity index is 1.91. The molecule has 0 saturated carbocycles. The Morgan fingerprint density at radius 1 is 1.32 bits per heavy atom. The number of nitrogens with zero attached hydrogens (tertiary/aromatic N) is 2. The number of hydrogen-bond acceptors (Lipinski definition) is 3. The van der Waals surface area contributed by atoms with Gasteiger partial charge in [0.15, 0.2) is 0 Å². The fraction of sp³-hybridized carbons (Fsp3) is 0.429. The number of nitrogens with one attached hydrogen (secondary N) is 1. The average molecular weight is 261 g/mol. The van der Waals surface area contributed by atoms with Gasteiger partial charge >= 0.3 is 0 Å². The van der Waals surface area contributed by atoms with Crippen LogP contribution in [0.2, 0.25) is 0 Å². The van der Waals surface area contributed by atoms with Crippen molar-refractivity contribution in [3.8, 4) is 0 Å². The second kappa shape index (κ2) is 5.30. The molecule has 0 fully saturated rings. The van der Waals surface area contributed by atoms with E-state index in [4.69, 9.17) is 4.42 Å². The van der Waals surface area contributed by atoms with E-state index in [2.05, 4.69) is 10.4 Å². The molecule has 0 aliphatic rings. The molecule has 0 radical (unpaired) electrons. The van der Waals surface area contributed by atoms with E-state index in [1.807, 2.05) is 31.5 Å². The first-order chi connectivity index (χ1) is 8.97. The summed E-state index contributed by atoms with van der Waals surface area (Å²) in [7, 11) is 0. The summed E-state index contributed by atoms with van der Waals surface area (Å²) in [4.78, 5) is 12.0. The summed E-state index contributed by atoms with van der Waals surface area (Å²) >= 11 is 0. The van der Waals surface area contributed by atoms with Gasteiger partial charge in [-0.05, 0) is 39.8 Å². The lowest BCUT2D eigenvalue weighted by Gasteiger charge is -2.06. The topological polar surface area (TPSA) is 60.1 Å². The molecule has 102 valence electrons. The summed E-state index contributed by atoms with van der Waals surface area (Å²) in [5.74, 6) is 1.30. The highest BCUT2D eigenvalue weighted by Gasteiger charge is 2.12. The predicted molar refractivity (Wildman–Crippen MR) is 72.2 cm³/mol. The molecule has 0 aliphatic heterocycles. The molecule has 2 aromatic heterocycles. The van der Waals surface area contributed by atoms with Gasteiger partial charge in [0.2, 0.25) is 0 Å². The number of furan rings is 1. The third kappa shape index (κ3) is 3.05. The van der Waals surface area contributed by atoms with E-state index in [1.165, 1.54) is 0 Å². The molecule has 5 heteroatoms. The van der Waals surface area contributed by atoms with Crippen LogP contribution in [0.25, 0.3) is 0 Å². The van der Waals surface area contributed by atoms with Crippen molar-refractivity contribution in [1.82, 2.24) is 15.1 Å². The van der Waals surface area contributed by atoms with Crippen LogP contribution in [0.15, 0.2) is 16.5 Å². The third-order valence-electron chi connectivity index (χ3n) is 3.00. The van der Waals surface area contributed by atoms with Gasteiger partial charge in [0.25, 0.3) is 5.91 Å². The van der Waals surface area contributed by atoms with Crippen LogP contribution in [0, 0.1) is 27.7 Å². The highest BCUT2D eigenvalue weighted by atomic mass is 16.3. The molecular weight excluding hydrogens is 242 g/mol. The van der Waals surface area contributed by atoms with Crippen LogP contribution in [0.4, 0.5) is 0 Å². The smallest absolute Gasteiger partial charge is 0.254 e. The minimum Gasteiger partial charge on any atom is -0.466 e. The Hall–Kier alpha value is -2.04. The molecule has 5 nitrogen and oxygen atoms in total. The molecule has 0 spiro atoms. The molecule has 0 aromatic carbocycles. The van der Waals surface area contributed by atoms with E-state index in [0.717, 1.165) is 17.1 Å². The molecule has 0 bridgehead atoms. The summed E-state index contributed by atoms with van der Waals surface area (Å²) in [6.07, 6.45) is 0. The van der Waals surface area contributed by atoms with Gasteiger partial charge in [0, 0.05) is 12.2 Å². The first-order valence-corrected chi connectivity index (χ1v) is 6.33. The van der Waals surface area contributed by atoms with E-state index in [0.29, 0.717) is 24.4 Å². The van der Waals surface area contributed by atoms with Crippen LogP contribution in [0.3, 0.4) is 0 Å². The maximum Gasteiger partial charge on any atom is 0.254 e. The molecule has 2 heterocycles. The van der Waals surface area contributed by atoms with E-state index in [-0.39, 0.29) is 5.91 Å². The van der Waals surface area contributed by atoms with Crippen molar-refractivity contribution in [3.05, 3.63) is 40.6 Å². The molecule has 19 heavy (non-hydrogen) atoms. The van der Waals surface area contributed by atoms with Gasteiger partial charge in [-0.2, -0.15) is 5.10 Å². The normalized spacial score (nSPS) is 10.7. The van der Waals surface area contributed by atoms with Crippen LogP contribution in [0.5, 0.6) is 0 Å². The van der Waals surface area contributed by atoms with Crippen molar-refractivity contribution >= 4 is 5.91 Å². The molecule has 2 aromatic rings. The predicted octanol–water partition coefficient (Wildman–Crippen LogP) is 2.14. The zero-order chi connectivity index (χ0) is 14.0. The van der Waals surface area contributed by atoms with E-state index in [9.17, 15) is 4.79 Å². The monoisotopic (exact) mass is 261 g/mol. The van der Waals surface area contributed by atoms with Crippen molar-refractivity contribution in [1.29, 1.82) is 0 Å². The maximum absolute atomic E-state index is 12.0. The first kappa shape index (κ1) is 13.4. The minimum atomic E-state index is -0.101. The molecule has 1 N–H and O–H groups in total. The standard InChI is InChI=1S/C14H19N3O2/c1-9-7-10(2)17(16-9)6-5-15-14(18)13-8-11(3)19-12(13)4/h7-8H,5-6H2,1-4H3,(H,15,18). The Morgan fingerprint density at radius 3 is 2.58 bits per heavy atom. The quantitative estimate of drug-likeness (QED) is 0.917. The molecule has 0 saturated heterocycles. The molecular formula is C14H19N3O2. The zero-order valence-electron chi connectivity index (χ0n) is 11.8. The number of amides is 1. The zero-order valence-corrected chi connectivity index (χ0v) is 11.8. The lowest BCUT2D eigenvalue weighted by Crippen LogP contribution is -2.27. The molecule has 0 atom stereocenters. The number of hydrogen-bond donors (Lipinski definition) is 1. The summed E-state index contributed by atoms with van der Waals surface area (Å²) < 4.78 is 7.24. The van der Waals surface area contributed by atoms with Crippen LogP contribution >= 0.6 is 0 Å². The third-order valence-corrected chi connectivity index (χ3v) is 3.00. The molecule has 0 unspecified atom stereocenters. The fourth-order valence-electron chi connectivity index (χ4n) is 2.13. The fourth-order valence-corrected chi connectivity index (χ4v) is 2.13. The first-order valence-electron chi connectivity index (χ1n) is 6.33. The van der Waals surface area contributed by atoms with Gasteiger partial charge in [0.1, 0.15) is 11.5 Å². The summed E-state index contributed by atoms with van der Waals surface area (Å²) in [5.41, 5.74) is 2.69. The van der Waals surface area contributed by atoms with Crippen LogP contribution in [0.1, 0.15) is 33.3 Å². The van der Waals surface area contributed by atoms with Crippen molar-refractivity contribution in [2.45, 2.75) is 34.2 Å². The van der Waals surface area contributed by atoms with Crippen molar-refractivity contribution in [2.75, 3.05) is 6.54 Å². The second-order valence-corrected chi connectivity index (χ2v) is 4.73. The number of rotatable bonds is 4. The largest absolute Gasteiger partial charge is 0.466 e. The van der Waals surface area contributed by atoms with Crippen LogP contribution in [-0.2, 0) is 6.54 Å². The van der Waals surface area contributed by atoms with Crippen LogP contribution in [-0.4, -0.2) is 22.2 Å². The van der Waals surface area contributed by atoms with Gasteiger partial charge in [-0.3, -0.25) is 9.48 Å². The minimum absolute atomic E-state index is 0.101. The van der Waals surface area contributed by atoms with Gasteiger partial charge in [0.05, 0.1) is 17.8 Å². The highest BCUT2D eigenvalue weighted by molar-refractivity contribution is 5.95. The van der Waals surface area contributed by atoms with Gasteiger partial charge in [-0.1, -0.05) is 0 Å². The van der Waals surface area contributed by atoms with E-state index in [1.54, 1.807) is 13.0 Å². The molecule has 1 amide bonds. The summed E-state index contributed by atoms with van der Waals surface area (Å²) in [5, 5.41) is 7.23. The number of aryl methyl sites for hydroxylation is 4. The van der Waals surface area contributed by atoms with Crippen LogP contribution < -0.4 is 5.32 Å². The van der Waals surface area contributed by atoms with Crippen molar-refractivity contribution < 1.29 is 9.21 Å². The highest BCUT2D eigenvalue weighted by Crippen LogP contribution is 2.13.